The summed E-state index contributed by atoms with van der Waals surface area (Å²) >= 11 is 0. The maximum absolute atomic E-state index is 12.4. The van der Waals surface area contributed by atoms with Crippen LogP contribution >= 0.6 is 0 Å². The summed E-state index contributed by atoms with van der Waals surface area (Å²) in [6.45, 7) is 5.03. The third-order valence-corrected chi connectivity index (χ3v) is 4.84. The Kier molecular flexibility index (Phi) is 4.84. The quantitative estimate of drug-likeness (QED) is 0.672. The molecule has 0 bridgehead atoms. The van der Waals surface area contributed by atoms with Crippen LogP contribution in [0, 0.1) is 13.8 Å². The molecule has 0 atom stereocenters. The van der Waals surface area contributed by atoms with E-state index in [1.165, 1.54) is 18.2 Å². The molecule has 0 radical (unpaired) electrons. The van der Waals surface area contributed by atoms with Crippen molar-refractivity contribution in [1.29, 1.82) is 0 Å². The van der Waals surface area contributed by atoms with Crippen LogP contribution in [0.2, 0.25) is 0 Å². The zero-order chi connectivity index (χ0) is 21.5. The highest BCUT2D eigenvalue weighted by molar-refractivity contribution is 5.97. The number of benzene rings is 1. The zero-order valence-corrected chi connectivity index (χ0v) is 16.2. The molecule has 0 unspecified atom stereocenters. The van der Waals surface area contributed by atoms with Gasteiger partial charge in [0.15, 0.2) is 0 Å². The van der Waals surface area contributed by atoms with Crippen LogP contribution < -0.4 is 15.4 Å². The summed E-state index contributed by atoms with van der Waals surface area (Å²) in [5.41, 5.74) is 4.14. The molecule has 10 heteroatoms. The monoisotopic (exact) mass is 417 g/mol. The molecule has 3 aromatic rings. The Morgan fingerprint density at radius 1 is 1.23 bits per heavy atom. The fraction of sp³-hybridized carbons (Fsp3) is 0.250. The number of anilines is 2. The number of carbonyl (C=O) groups excluding carboxylic acids is 1. The summed E-state index contributed by atoms with van der Waals surface area (Å²) in [7, 11) is 0. The van der Waals surface area contributed by atoms with E-state index in [2.05, 4.69) is 25.3 Å². The zero-order valence-electron chi connectivity index (χ0n) is 16.2. The smallest absolute Gasteiger partial charge is 0.406 e. The van der Waals surface area contributed by atoms with Crippen molar-refractivity contribution in [1.82, 2.24) is 19.9 Å². The highest BCUT2D eigenvalue weighted by Crippen LogP contribution is 2.32. The van der Waals surface area contributed by atoms with Gasteiger partial charge in [-0.3, -0.25) is 4.79 Å². The molecule has 1 aliphatic heterocycles. The Morgan fingerprint density at radius 2 is 2.03 bits per heavy atom. The number of ether oxygens (including phenoxy) is 1. The second kappa shape index (κ2) is 7.36. The number of halogens is 3. The fourth-order valence-corrected chi connectivity index (χ4v) is 3.67. The molecule has 30 heavy (non-hydrogen) atoms. The molecule has 1 aromatic carbocycles. The van der Waals surface area contributed by atoms with Gasteiger partial charge in [-0.1, -0.05) is 6.07 Å². The Bertz CT molecular complexity index is 1120. The molecular weight excluding hydrogens is 399 g/mol. The van der Waals surface area contributed by atoms with Gasteiger partial charge in [0, 0.05) is 42.3 Å². The van der Waals surface area contributed by atoms with Crippen LogP contribution in [-0.2, 0) is 6.54 Å². The average molecular weight is 417 g/mol. The first-order chi connectivity index (χ1) is 14.2. The second-order valence-corrected chi connectivity index (χ2v) is 6.81. The normalized spacial score (nSPS) is 13.6. The van der Waals surface area contributed by atoms with Gasteiger partial charge in [-0.25, -0.2) is 9.97 Å². The molecule has 0 saturated heterocycles. The Morgan fingerprint density at radius 3 is 2.77 bits per heavy atom. The predicted molar refractivity (Wildman–Crippen MR) is 104 cm³/mol. The number of hydrogen-bond acceptors (Lipinski definition) is 5. The van der Waals surface area contributed by atoms with Crippen LogP contribution in [0.1, 0.15) is 21.7 Å². The molecule has 0 saturated carbocycles. The highest BCUT2D eigenvalue weighted by Gasteiger charge is 2.31. The summed E-state index contributed by atoms with van der Waals surface area (Å²) < 4.78 is 43.2. The highest BCUT2D eigenvalue weighted by atomic mass is 19.4. The number of carbonyl (C=O) groups is 1. The van der Waals surface area contributed by atoms with Gasteiger partial charge in [-0.2, -0.15) is 0 Å². The molecule has 4 rings (SSSR count). The molecule has 156 valence electrons. The summed E-state index contributed by atoms with van der Waals surface area (Å²) in [5, 5.41) is 5.73. The summed E-state index contributed by atoms with van der Waals surface area (Å²) in [6.07, 6.45) is -3.22. The van der Waals surface area contributed by atoms with Gasteiger partial charge in [-0.05, 0) is 37.6 Å². The van der Waals surface area contributed by atoms with E-state index in [4.69, 9.17) is 0 Å². The lowest BCUT2D eigenvalue weighted by molar-refractivity contribution is -0.274. The minimum atomic E-state index is -4.77. The maximum Gasteiger partial charge on any atom is 0.573 e. The van der Waals surface area contributed by atoms with Gasteiger partial charge in [0.25, 0.3) is 5.91 Å². The Labute approximate surface area is 169 Å². The van der Waals surface area contributed by atoms with Crippen molar-refractivity contribution in [3.8, 4) is 17.0 Å². The maximum atomic E-state index is 12.4. The van der Waals surface area contributed by atoms with Gasteiger partial charge in [0.1, 0.15) is 11.4 Å². The van der Waals surface area contributed by atoms with Crippen molar-refractivity contribution < 1.29 is 22.7 Å². The Hall–Kier alpha value is -3.56. The average Bonchev–Trinajstić information content (AvgIpc) is 2.92. The Balaban J connectivity index is 1.65. The second-order valence-electron chi connectivity index (χ2n) is 6.81. The number of alkyl halides is 3. The topological polar surface area (TPSA) is 81.1 Å². The lowest BCUT2D eigenvalue weighted by Gasteiger charge is -2.17. The van der Waals surface area contributed by atoms with E-state index in [0.29, 0.717) is 30.2 Å². The molecule has 0 spiro atoms. The number of aromatic nitrogens is 3. The summed E-state index contributed by atoms with van der Waals surface area (Å²) in [4.78, 5) is 20.9. The van der Waals surface area contributed by atoms with E-state index in [0.717, 1.165) is 16.8 Å². The van der Waals surface area contributed by atoms with Crippen molar-refractivity contribution in [3.05, 3.63) is 53.5 Å². The molecule has 1 aliphatic rings. The van der Waals surface area contributed by atoms with Gasteiger partial charge < -0.3 is 19.9 Å². The molecule has 2 aromatic heterocycles. The number of rotatable bonds is 4. The van der Waals surface area contributed by atoms with E-state index in [9.17, 15) is 18.0 Å². The van der Waals surface area contributed by atoms with E-state index >= 15 is 0 Å². The molecule has 2 N–H and O–H groups in total. The number of nitrogens with one attached hydrogen (secondary N) is 2. The summed E-state index contributed by atoms with van der Waals surface area (Å²) in [6, 6.07) is 7.16. The first kappa shape index (κ1) is 19.7. The number of fused-ring (bicyclic) bond motifs is 1. The van der Waals surface area contributed by atoms with E-state index in [1.807, 2.05) is 18.4 Å². The largest absolute Gasteiger partial charge is 0.573 e. The molecular formula is C20H18F3N5O2. The molecule has 7 nitrogen and oxygen atoms in total. The fourth-order valence-electron chi connectivity index (χ4n) is 3.67. The summed E-state index contributed by atoms with van der Waals surface area (Å²) in [5.74, 6) is -0.257. The third kappa shape index (κ3) is 3.80. The van der Waals surface area contributed by atoms with Gasteiger partial charge in [0.05, 0.1) is 5.69 Å². The van der Waals surface area contributed by atoms with Crippen LogP contribution in [-0.4, -0.2) is 33.3 Å². The van der Waals surface area contributed by atoms with E-state index in [-0.39, 0.29) is 17.6 Å². The van der Waals surface area contributed by atoms with E-state index in [1.54, 1.807) is 18.3 Å². The van der Waals surface area contributed by atoms with Crippen LogP contribution in [0.4, 0.5) is 24.8 Å². The first-order valence-corrected chi connectivity index (χ1v) is 9.17. The standard InChI is InChI=1S/C20H18F3N5O2/c1-11-16(12(2)28-9-8-24-18(29)17(11)28)15-6-7-25-19(27-15)26-13-4-3-5-14(10-13)30-20(21,22)23/h3-7,10H,8-9H2,1-2H3,(H,24,29)(H,25,26,27). The molecule has 0 aliphatic carbocycles. The van der Waals surface area contributed by atoms with Crippen molar-refractivity contribution in [2.75, 3.05) is 11.9 Å². The molecule has 0 fully saturated rings. The van der Waals surface area contributed by atoms with Crippen LogP contribution in [0.15, 0.2) is 36.5 Å². The van der Waals surface area contributed by atoms with E-state index < -0.39 is 6.36 Å². The third-order valence-electron chi connectivity index (χ3n) is 4.84. The minimum absolute atomic E-state index is 0.123. The van der Waals surface area contributed by atoms with Crippen molar-refractivity contribution in [2.24, 2.45) is 0 Å². The lowest BCUT2D eigenvalue weighted by atomic mass is 10.1. The number of amides is 1. The minimum Gasteiger partial charge on any atom is -0.406 e. The lowest BCUT2D eigenvalue weighted by Crippen LogP contribution is -2.35. The first-order valence-electron chi connectivity index (χ1n) is 9.17. The number of hydrogen-bond donors (Lipinski definition) is 2. The number of nitrogens with zero attached hydrogens (tertiary/aromatic N) is 3. The predicted octanol–water partition coefficient (Wildman–Crippen LogP) is 3.95. The van der Waals surface area contributed by atoms with Crippen LogP contribution in [0.5, 0.6) is 5.75 Å². The van der Waals surface area contributed by atoms with Crippen LogP contribution in [0.3, 0.4) is 0 Å². The SMILES string of the molecule is Cc1c(-c2ccnc(Nc3cccc(OC(F)(F)F)c3)n2)c(C)n2c1C(=O)NCC2. The van der Waals surface area contributed by atoms with Gasteiger partial charge in [0.2, 0.25) is 5.95 Å². The van der Waals surface area contributed by atoms with Gasteiger partial charge in [-0.15, -0.1) is 13.2 Å². The van der Waals surface area contributed by atoms with Crippen molar-refractivity contribution in [2.45, 2.75) is 26.8 Å². The van der Waals surface area contributed by atoms with Crippen molar-refractivity contribution >= 4 is 17.5 Å². The van der Waals surface area contributed by atoms with Crippen LogP contribution in [0.25, 0.3) is 11.3 Å². The molecule has 3 heterocycles. The molecule has 1 amide bonds. The van der Waals surface area contributed by atoms with Gasteiger partial charge >= 0.3 is 6.36 Å². The van der Waals surface area contributed by atoms with Crippen molar-refractivity contribution in [3.63, 3.8) is 0 Å².